The minimum atomic E-state index is -1.91. The fourth-order valence-electron chi connectivity index (χ4n) is 3.00. The van der Waals surface area contributed by atoms with Gasteiger partial charge < -0.3 is 71.7 Å². The Bertz CT molecular complexity index is 669. The molecule has 2 amide bonds. The monoisotopic (exact) mass is 590 g/mol. The lowest BCUT2D eigenvalue weighted by Crippen LogP contribution is -2.58. The molecule has 0 unspecified atom stereocenters. The first-order valence-electron chi connectivity index (χ1n) is 11.4. The second kappa shape index (κ2) is 19.6. The molecule has 0 aliphatic heterocycles. The fourth-order valence-corrected chi connectivity index (χ4v) is 3.59. The maximum Gasteiger partial charge on any atom is 0.238 e. The SMILES string of the molecule is O=C[C@H](NC(=O)[C@H](CS)NCCN[C@@H](CS)C(=O)N[C@@H](C=O)[C@@H](O)[C@H](O)[C@H](O)CO)[C@@H](O)[C@H](O)[C@H](O)CO. The van der Waals surface area contributed by atoms with Gasteiger partial charge in [0.15, 0.2) is 0 Å². The molecule has 0 saturated carbocycles. The van der Waals surface area contributed by atoms with E-state index in [0.717, 1.165) is 0 Å². The van der Waals surface area contributed by atoms with Crippen molar-refractivity contribution in [2.24, 2.45) is 0 Å². The molecular formula is C20H38N4O12S2. The zero-order valence-electron chi connectivity index (χ0n) is 20.3. The van der Waals surface area contributed by atoms with Crippen LogP contribution in [0.4, 0.5) is 0 Å². The number of amides is 2. The summed E-state index contributed by atoms with van der Waals surface area (Å²) in [5, 5.41) is 85.9. The van der Waals surface area contributed by atoms with E-state index in [0.29, 0.717) is 0 Å². The van der Waals surface area contributed by atoms with E-state index in [1.165, 1.54) is 0 Å². The van der Waals surface area contributed by atoms with Crippen LogP contribution in [0.5, 0.6) is 0 Å². The quantitative estimate of drug-likeness (QED) is 0.0336. The largest absolute Gasteiger partial charge is 0.394 e. The lowest BCUT2D eigenvalue weighted by Gasteiger charge is -2.28. The van der Waals surface area contributed by atoms with Crippen LogP contribution in [0.15, 0.2) is 0 Å². The van der Waals surface area contributed by atoms with Crippen molar-refractivity contribution in [2.45, 2.75) is 60.8 Å². The molecule has 0 rings (SSSR count). The molecule has 0 radical (unpaired) electrons. The summed E-state index contributed by atoms with van der Waals surface area (Å²) in [5.41, 5.74) is 0. The molecule has 0 aliphatic rings. The Morgan fingerprint density at radius 3 is 1.18 bits per heavy atom. The maximum absolute atomic E-state index is 12.5. The van der Waals surface area contributed by atoms with Crippen molar-refractivity contribution in [3.05, 3.63) is 0 Å². The van der Waals surface area contributed by atoms with Crippen LogP contribution in [-0.2, 0) is 19.2 Å². The van der Waals surface area contributed by atoms with Crippen LogP contribution >= 0.6 is 25.3 Å². The second-order valence-corrected chi connectivity index (χ2v) is 8.91. The highest BCUT2D eigenvalue weighted by Gasteiger charge is 2.34. The molecule has 18 heteroatoms. The van der Waals surface area contributed by atoms with Gasteiger partial charge in [0.1, 0.15) is 61.3 Å². The molecule has 0 saturated heterocycles. The van der Waals surface area contributed by atoms with Crippen molar-refractivity contribution < 1.29 is 60.0 Å². The maximum atomic E-state index is 12.5. The van der Waals surface area contributed by atoms with Gasteiger partial charge in [-0.25, -0.2) is 0 Å². The number of carbonyl (C=O) groups is 4. The molecule has 0 aromatic heterocycles. The minimum absolute atomic E-state index is 0.0628. The third-order valence-corrected chi connectivity index (χ3v) is 6.14. The Balaban J connectivity index is 4.87. The summed E-state index contributed by atoms with van der Waals surface area (Å²) in [5.74, 6) is -1.69. The lowest BCUT2D eigenvalue weighted by atomic mass is 10.0. The number of thiol groups is 2. The van der Waals surface area contributed by atoms with Gasteiger partial charge in [-0.1, -0.05) is 0 Å². The molecular weight excluding hydrogens is 552 g/mol. The van der Waals surface area contributed by atoms with Crippen molar-refractivity contribution in [2.75, 3.05) is 37.8 Å². The predicted octanol–water partition coefficient (Wildman–Crippen LogP) is -7.72. The minimum Gasteiger partial charge on any atom is -0.394 e. The number of carbonyl (C=O) groups excluding carboxylic acids is 4. The second-order valence-electron chi connectivity index (χ2n) is 8.18. The standard InChI is InChI=1S/C20H38N4O12S2/c25-3-9(15(31)17(33)13(29)5-27)23-19(35)11(7-37)21-1-2-22-12(8-38)20(36)24-10(4-26)16(32)18(34)14(30)6-28/h3-4,9-18,21-22,27-34,37-38H,1-2,5-8H2,(H,23,35)(H,24,36)/t9-,10-,11-,12-,13+,14+,15+,16+,17+,18+/m0/s1. The number of hydrogen-bond donors (Lipinski definition) is 14. The van der Waals surface area contributed by atoms with Gasteiger partial charge in [-0.3, -0.25) is 9.59 Å². The van der Waals surface area contributed by atoms with Gasteiger partial charge in [-0.15, -0.1) is 0 Å². The third-order valence-electron chi connectivity index (χ3n) is 5.41. The number of hydrogen-bond acceptors (Lipinski definition) is 16. The van der Waals surface area contributed by atoms with E-state index >= 15 is 0 Å². The summed E-state index contributed by atoms with van der Waals surface area (Å²) in [4.78, 5) is 47.4. The molecule has 0 spiro atoms. The Morgan fingerprint density at radius 2 is 0.947 bits per heavy atom. The third kappa shape index (κ3) is 11.8. The molecule has 38 heavy (non-hydrogen) atoms. The van der Waals surface area contributed by atoms with Gasteiger partial charge >= 0.3 is 0 Å². The first-order valence-corrected chi connectivity index (χ1v) is 12.7. The van der Waals surface area contributed by atoms with Gasteiger partial charge in [0, 0.05) is 24.6 Å². The smallest absolute Gasteiger partial charge is 0.238 e. The van der Waals surface area contributed by atoms with E-state index in [-0.39, 0.29) is 37.2 Å². The summed E-state index contributed by atoms with van der Waals surface area (Å²) < 4.78 is 0. The average Bonchev–Trinajstić information content (AvgIpc) is 2.93. The highest BCUT2D eigenvalue weighted by Crippen LogP contribution is 2.06. The van der Waals surface area contributed by atoms with E-state index in [2.05, 4.69) is 46.5 Å². The van der Waals surface area contributed by atoms with Crippen LogP contribution in [0, 0.1) is 0 Å². The number of aldehydes is 2. The van der Waals surface area contributed by atoms with E-state index in [9.17, 15) is 49.8 Å². The highest BCUT2D eigenvalue weighted by molar-refractivity contribution is 7.80. The molecule has 0 bridgehead atoms. The van der Waals surface area contributed by atoms with Gasteiger partial charge in [-0.2, -0.15) is 25.3 Å². The Labute approximate surface area is 229 Å². The molecule has 16 nitrogen and oxygen atoms in total. The van der Waals surface area contributed by atoms with Crippen molar-refractivity contribution >= 4 is 49.6 Å². The topological polar surface area (TPSA) is 278 Å². The number of nitrogens with one attached hydrogen (secondary N) is 4. The summed E-state index contributed by atoms with van der Waals surface area (Å²) >= 11 is 8.08. The average molecular weight is 591 g/mol. The van der Waals surface area contributed by atoms with Crippen molar-refractivity contribution in [1.29, 1.82) is 0 Å². The van der Waals surface area contributed by atoms with Crippen molar-refractivity contribution in [3.63, 3.8) is 0 Å². The number of rotatable bonds is 21. The molecule has 0 fully saturated rings. The number of aliphatic hydroxyl groups excluding tert-OH is 8. The Kier molecular flexibility index (Phi) is 18.9. The van der Waals surface area contributed by atoms with Crippen LogP contribution in [0.1, 0.15) is 0 Å². The van der Waals surface area contributed by atoms with E-state index in [4.69, 9.17) is 10.2 Å². The fraction of sp³-hybridized carbons (Fsp3) is 0.800. The van der Waals surface area contributed by atoms with Crippen LogP contribution < -0.4 is 21.3 Å². The summed E-state index contributed by atoms with van der Waals surface area (Å²) in [6.45, 7) is -1.64. The zero-order valence-corrected chi connectivity index (χ0v) is 22.1. The van der Waals surface area contributed by atoms with Crippen LogP contribution in [0.3, 0.4) is 0 Å². The van der Waals surface area contributed by atoms with Gasteiger partial charge in [0.2, 0.25) is 11.8 Å². The van der Waals surface area contributed by atoms with Crippen LogP contribution in [0.2, 0.25) is 0 Å². The van der Waals surface area contributed by atoms with Crippen LogP contribution in [-0.4, -0.2) is 164 Å². The van der Waals surface area contributed by atoms with E-state index in [1.807, 2.05) is 0 Å². The molecule has 0 aromatic carbocycles. The van der Waals surface area contributed by atoms with Gasteiger partial charge in [0.25, 0.3) is 0 Å². The summed E-state index contributed by atoms with van der Waals surface area (Å²) in [6, 6.07) is -5.19. The molecule has 12 N–H and O–H groups in total. The zero-order chi connectivity index (χ0) is 29.4. The Morgan fingerprint density at radius 1 is 0.632 bits per heavy atom. The summed E-state index contributed by atoms with van der Waals surface area (Å²) in [7, 11) is 0. The van der Waals surface area contributed by atoms with Gasteiger partial charge in [0.05, 0.1) is 25.3 Å². The highest BCUT2D eigenvalue weighted by atomic mass is 32.1. The van der Waals surface area contributed by atoms with Gasteiger partial charge in [-0.05, 0) is 0 Å². The first-order chi connectivity index (χ1) is 17.9. The normalized spacial score (nSPS) is 19.5. The Hall–Kier alpha value is -1.42. The van der Waals surface area contributed by atoms with Crippen molar-refractivity contribution in [3.8, 4) is 0 Å². The van der Waals surface area contributed by atoms with Crippen molar-refractivity contribution in [1.82, 2.24) is 21.3 Å². The molecule has 222 valence electrons. The van der Waals surface area contributed by atoms with E-state index in [1.54, 1.807) is 0 Å². The molecule has 10 atom stereocenters. The predicted molar refractivity (Wildman–Crippen MR) is 137 cm³/mol. The molecule has 0 aromatic rings. The molecule has 0 aliphatic carbocycles. The summed E-state index contributed by atoms with van der Waals surface area (Å²) in [6.07, 6.45) is -10.8. The lowest BCUT2D eigenvalue weighted by molar-refractivity contribution is -0.132. The number of aliphatic hydroxyl groups is 8. The first kappa shape index (κ1) is 36.6. The van der Waals surface area contributed by atoms with E-state index < -0.39 is 85.8 Å². The van der Waals surface area contributed by atoms with Crippen LogP contribution in [0.25, 0.3) is 0 Å². The molecule has 0 heterocycles.